The van der Waals surface area contributed by atoms with Gasteiger partial charge in [-0.05, 0) is 68.0 Å². The van der Waals surface area contributed by atoms with E-state index >= 15 is 0 Å². The van der Waals surface area contributed by atoms with Gasteiger partial charge in [-0.25, -0.2) is 8.42 Å². The van der Waals surface area contributed by atoms with Crippen molar-refractivity contribution in [3.05, 3.63) is 24.3 Å². The van der Waals surface area contributed by atoms with Crippen LogP contribution in [0.25, 0.3) is 0 Å². The summed E-state index contributed by atoms with van der Waals surface area (Å²) < 4.78 is 22.9. The fraction of sp³-hybridized carbons (Fsp3) is 0.611. The van der Waals surface area contributed by atoms with Crippen LogP contribution in [0, 0.1) is 5.92 Å². The molecule has 1 saturated heterocycles. The Morgan fingerprint density at radius 1 is 1.27 bits per heavy atom. The van der Waals surface area contributed by atoms with Gasteiger partial charge in [-0.3, -0.25) is 9.69 Å². The number of likely N-dealkylation sites (tertiary alicyclic amines) is 1. The number of amides is 1. The quantitative estimate of drug-likeness (QED) is 0.463. The number of halogens is 2. The number of rotatable bonds is 6. The van der Waals surface area contributed by atoms with Gasteiger partial charge < -0.3 is 5.32 Å². The molecule has 1 aliphatic rings. The first-order valence-corrected chi connectivity index (χ1v) is 13.2. The van der Waals surface area contributed by atoms with Crippen LogP contribution in [0.2, 0.25) is 0 Å². The number of hydrogen-bond acceptors (Lipinski definition) is 4. The molecule has 148 valence electrons. The van der Waals surface area contributed by atoms with E-state index in [1.54, 1.807) is 12.1 Å². The highest BCUT2D eigenvalue weighted by Crippen LogP contribution is 2.23. The molecule has 2 rings (SSSR count). The van der Waals surface area contributed by atoms with E-state index in [1.807, 2.05) is 4.93 Å². The average molecular weight is 515 g/mol. The van der Waals surface area contributed by atoms with Crippen molar-refractivity contribution in [1.82, 2.24) is 4.90 Å². The van der Waals surface area contributed by atoms with E-state index in [4.69, 9.17) is 11.6 Å². The second-order valence-corrected chi connectivity index (χ2v) is 8.86. The van der Waals surface area contributed by atoms with Gasteiger partial charge in [0.1, 0.15) is 0 Å². The molecule has 0 saturated carbocycles. The van der Waals surface area contributed by atoms with Gasteiger partial charge in [-0.2, -0.15) is 0 Å². The molecule has 0 aliphatic carbocycles. The minimum absolute atomic E-state index is 0.0223. The van der Waals surface area contributed by atoms with Crippen molar-refractivity contribution in [2.45, 2.75) is 37.1 Å². The molecule has 1 heterocycles. The molecule has 26 heavy (non-hydrogen) atoms. The van der Waals surface area contributed by atoms with E-state index in [-0.39, 0.29) is 10.8 Å². The number of nitrogens with zero attached hydrogens (tertiary/aromatic N) is 1. The van der Waals surface area contributed by atoms with Crippen molar-refractivity contribution in [2.24, 2.45) is 5.92 Å². The van der Waals surface area contributed by atoms with Gasteiger partial charge in [0.25, 0.3) is 0 Å². The molecule has 1 fully saturated rings. The second kappa shape index (κ2) is 11.5. The Labute approximate surface area is 175 Å². The third kappa shape index (κ3) is 7.70. The summed E-state index contributed by atoms with van der Waals surface area (Å²) >= 11 is 8.04. The van der Waals surface area contributed by atoms with Crippen molar-refractivity contribution in [3.8, 4) is 0 Å². The Hall–Kier alpha value is -0.380. The summed E-state index contributed by atoms with van der Waals surface area (Å²) in [5.74, 6) is 0.999. The summed E-state index contributed by atoms with van der Waals surface area (Å²) in [4.78, 5) is 16.8. The van der Waals surface area contributed by atoms with Crippen LogP contribution in [0.1, 0.15) is 26.2 Å². The molecule has 5 nitrogen and oxygen atoms in total. The summed E-state index contributed by atoms with van der Waals surface area (Å²) in [6.45, 7) is 4.09. The van der Waals surface area contributed by atoms with Crippen LogP contribution in [0.5, 0.6) is 0 Å². The molecule has 1 aromatic rings. The summed E-state index contributed by atoms with van der Waals surface area (Å²) in [5, 5.41) is 2.84. The molecule has 1 atom stereocenters. The minimum Gasteiger partial charge on any atom is -0.326 e. The first-order chi connectivity index (χ1) is 12.3. The predicted octanol–water partition coefficient (Wildman–Crippen LogP) is 3.81. The molecule has 0 spiro atoms. The molecule has 8 heteroatoms. The summed E-state index contributed by atoms with van der Waals surface area (Å²) in [6.07, 6.45) is 3.66. The number of sulfone groups is 1. The highest BCUT2D eigenvalue weighted by atomic mass is 127. The van der Waals surface area contributed by atoms with Crippen LogP contribution in [-0.4, -0.2) is 55.4 Å². The molecule has 1 aromatic carbocycles. The average Bonchev–Trinajstić information content (AvgIpc) is 2.63. The van der Waals surface area contributed by atoms with Crippen molar-refractivity contribution in [2.75, 3.05) is 35.5 Å². The number of benzene rings is 1. The SMILES string of the molecule is CC(CCl)N1CCC(CC(=O)Nc2ccc(S(C)(=O)=O)cc2)CC1.CI. The Bertz CT molecular complexity index is 660. The molecule has 1 unspecified atom stereocenters. The van der Waals surface area contributed by atoms with Gasteiger partial charge in [0.05, 0.1) is 4.90 Å². The fourth-order valence-electron chi connectivity index (χ4n) is 2.96. The van der Waals surface area contributed by atoms with Crippen LogP contribution in [0.3, 0.4) is 0 Å². The predicted molar refractivity (Wildman–Crippen MR) is 117 cm³/mol. The van der Waals surface area contributed by atoms with E-state index in [2.05, 4.69) is 39.7 Å². The Kier molecular flexibility index (Phi) is 10.4. The van der Waals surface area contributed by atoms with E-state index in [0.717, 1.165) is 32.2 Å². The van der Waals surface area contributed by atoms with Crippen LogP contribution in [-0.2, 0) is 14.6 Å². The summed E-state index contributed by atoms with van der Waals surface area (Å²) in [6, 6.07) is 6.65. The number of piperidine rings is 1. The van der Waals surface area contributed by atoms with Gasteiger partial charge in [0.2, 0.25) is 5.91 Å². The summed E-state index contributed by atoms with van der Waals surface area (Å²) in [5.41, 5.74) is 0.626. The molecule has 1 amide bonds. The van der Waals surface area contributed by atoms with Gasteiger partial charge >= 0.3 is 0 Å². The number of alkyl halides is 2. The zero-order valence-corrected chi connectivity index (χ0v) is 19.3. The number of hydrogen-bond donors (Lipinski definition) is 1. The molecule has 0 aromatic heterocycles. The smallest absolute Gasteiger partial charge is 0.224 e. The molecular weight excluding hydrogens is 487 g/mol. The third-order valence-electron chi connectivity index (χ3n) is 4.54. The van der Waals surface area contributed by atoms with Crippen LogP contribution < -0.4 is 5.32 Å². The van der Waals surface area contributed by atoms with Crippen molar-refractivity contribution in [1.29, 1.82) is 0 Å². The molecular formula is C18H28ClIN2O3S. The highest BCUT2D eigenvalue weighted by molar-refractivity contribution is 14.1. The third-order valence-corrected chi connectivity index (χ3v) is 6.11. The van der Waals surface area contributed by atoms with Gasteiger partial charge in [-0.1, -0.05) is 22.6 Å². The topological polar surface area (TPSA) is 66.5 Å². The van der Waals surface area contributed by atoms with Gasteiger partial charge in [-0.15, -0.1) is 11.6 Å². The van der Waals surface area contributed by atoms with Crippen molar-refractivity contribution >= 4 is 55.6 Å². The molecule has 0 bridgehead atoms. The standard InChI is InChI=1S/C17H25ClN2O3S.CH3I/c1-13(12-18)20-9-7-14(8-10-20)11-17(21)19-15-3-5-16(6-4-15)24(2,22)23;1-2/h3-6,13-14H,7-12H2,1-2H3,(H,19,21);1H3. The molecule has 0 radical (unpaired) electrons. The first kappa shape index (κ1) is 23.7. The number of anilines is 1. The minimum atomic E-state index is -3.21. The number of carbonyl (C=O) groups excluding carboxylic acids is 1. The van der Waals surface area contributed by atoms with E-state index in [1.165, 1.54) is 12.1 Å². The number of nitrogens with one attached hydrogen (secondary N) is 1. The maximum Gasteiger partial charge on any atom is 0.224 e. The maximum absolute atomic E-state index is 12.2. The lowest BCUT2D eigenvalue weighted by Gasteiger charge is -2.35. The van der Waals surface area contributed by atoms with Gasteiger partial charge in [0, 0.05) is 30.3 Å². The largest absolute Gasteiger partial charge is 0.326 e. The zero-order valence-electron chi connectivity index (χ0n) is 15.5. The lowest BCUT2D eigenvalue weighted by molar-refractivity contribution is -0.117. The second-order valence-electron chi connectivity index (χ2n) is 6.53. The van der Waals surface area contributed by atoms with E-state index < -0.39 is 9.84 Å². The molecule has 1 N–H and O–H groups in total. The van der Waals surface area contributed by atoms with E-state index in [9.17, 15) is 13.2 Å². The first-order valence-electron chi connectivity index (χ1n) is 8.57. The normalized spacial score (nSPS) is 17.1. The van der Waals surface area contributed by atoms with E-state index in [0.29, 0.717) is 29.9 Å². The Morgan fingerprint density at radius 3 is 2.27 bits per heavy atom. The lowest BCUT2D eigenvalue weighted by atomic mass is 9.92. The highest BCUT2D eigenvalue weighted by Gasteiger charge is 2.24. The molecule has 1 aliphatic heterocycles. The van der Waals surface area contributed by atoms with Gasteiger partial charge in [0.15, 0.2) is 9.84 Å². The number of carbonyl (C=O) groups is 1. The summed E-state index contributed by atoms with van der Waals surface area (Å²) in [7, 11) is -3.21. The Morgan fingerprint density at radius 2 is 1.81 bits per heavy atom. The fourth-order valence-corrected chi connectivity index (χ4v) is 3.78. The zero-order chi connectivity index (χ0) is 19.7. The van der Waals surface area contributed by atoms with Crippen LogP contribution in [0.15, 0.2) is 29.2 Å². The lowest BCUT2D eigenvalue weighted by Crippen LogP contribution is -2.41. The van der Waals surface area contributed by atoms with Crippen LogP contribution in [0.4, 0.5) is 5.69 Å². The monoisotopic (exact) mass is 514 g/mol. The maximum atomic E-state index is 12.2. The van der Waals surface area contributed by atoms with Crippen molar-refractivity contribution < 1.29 is 13.2 Å². The van der Waals surface area contributed by atoms with Crippen molar-refractivity contribution in [3.63, 3.8) is 0 Å². The van der Waals surface area contributed by atoms with Crippen LogP contribution >= 0.6 is 34.2 Å². The Balaban J connectivity index is 0.00000163.